The van der Waals surface area contributed by atoms with E-state index in [1.807, 2.05) is 4.90 Å². The van der Waals surface area contributed by atoms with Crippen LogP contribution < -0.4 is 4.74 Å². The van der Waals surface area contributed by atoms with Crippen LogP contribution in [-0.2, 0) is 17.5 Å². The van der Waals surface area contributed by atoms with Crippen LogP contribution in [0.2, 0.25) is 0 Å². The number of rotatable bonds is 7. The van der Waals surface area contributed by atoms with Crippen LogP contribution in [0, 0.1) is 5.82 Å². The molecule has 0 unspecified atom stereocenters. The minimum Gasteiger partial charge on any atom is -0.490 e. The Morgan fingerprint density at radius 2 is 1.82 bits per heavy atom. The lowest BCUT2D eigenvalue weighted by Gasteiger charge is -2.34. The van der Waals surface area contributed by atoms with E-state index in [4.69, 9.17) is 9.26 Å². The minimum absolute atomic E-state index is 0.0828. The maximum absolute atomic E-state index is 13.6. The number of halogens is 4. The third kappa shape index (κ3) is 5.90. The second-order valence-corrected chi connectivity index (χ2v) is 7.78. The minimum atomic E-state index is -4.45. The van der Waals surface area contributed by atoms with Gasteiger partial charge in [0.2, 0.25) is 17.6 Å². The molecule has 0 radical (unpaired) electrons. The zero-order valence-corrected chi connectivity index (χ0v) is 18.1. The summed E-state index contributed by atoms with van der Waals surface area (Å²) in [4.78, 5) is 20.4. The number of nitrogens with zero attached hydrogens (tertiary/aromatic N) is 4. The van der Waals surface area contributed by atoms with Gasteiger partial charge in [-0.1, -0.05) is 29.4 Å². The first-order valence-electron chi connectivity index (χ1n) is 10.7. The molecule has 1 fully saturated rings. The van der Waals surface area contributed by atoms with Gasteiger partial charge in [0.05, 0.1) is 25.1 Å². The topological polar surface area (TPSA) is 71.7 Å². The number of hydrogen-bond donors (Lipinski definition) is 0. The maximum atomic E-state index is 13.6. The number of carbonyl (C=O) groups is 1. The van der Waals surface area contributed by atoms with Crippen molar-refractivity contribution in [3.05, 3.63) is 65.8 Å². The molecule has 0 N–H and O–H groups in total. The number of aromatic nitrogens is 2. The lowest BCUT2D eigenvalue weighted by molar-refractivity contribution is -0.137. The molecule has 180 valence electrons. The molecule has 2 aromatic carbocycles. The van der Waals surface area contributed by atoms with Gasteiger partial charge in [-0.3, -0.25) is 9.69 Å². The third-order valence-electron chi connectivity index (χ3n) is 5.41. The molecular weight excluding hydrogens is 456 g/mol. The number of amides is 1. The van der Waals surface area contributed by atoms with Gasteiger partial charge in [-0.2, -0.15) is 18.2 Å². The smallest absolute Gasteiger partial charge is 0.416 e. The molecule has 3 aromatic rings. The number of benzene rings is 2. The molecule has 7 nitrogen and oxygen atoms in total. The predicted molar refractivity (Wildman–Crippen MR) is 113 cm³/mol. The molecule has 4 rings (SSSR count). The van der Waals surface area contributed by atoms with Crippen LogP contribution in [0.25, 0.3) is 11.4 Å². The number of carbonyl (C=O) groups excluding carboxylic acids is 1. The number of piperazine rings is 1. The molecule has 0 bridgehead atoms. The van der Waals surface area contributed by atoms with Gasteiger partial charge in [-0.05, 0) is 24.3 Å². The Morgan fingerprint density at radius 3 is 2.56 bits per heavy atom. The largest absolute Gasteiger partial charge is 0.490 e. The van der Waals surface area contributed by atoms with Crippen LogP contribution >= 0.6 is 0 Å². The molecule has 0 atom stereocenters. The molecule has 0 saturated carbocycles. The monoisotopic (exact) mass is 478 g/mol. The summed E-state index contributed by atoms with van der Waals surface area (Å²) < 4.78 is 62.9. The first-order chi connectivity index (χ1) is 16.3. The highest BCUT2D eigenvalue weighted by Crippen LogP contribution is 2.31. The van der Waals surface area contributed by atoms with E-state index in [0.717, 1.165) is 12.1 Å². The highest BCUT2D eigenvalue weighted by molar-refractivity contribution is 5.76. The average molecular weight is 478 g/mol. The van der Waals surface area contributed by atoms with Gasteiger partial charge in [0.1, 0.15) is 0 Å². The van der Waals surface area contributed by atoms with Gasteiger partial charge < -0.3 is 14.2 Å². The summed E-state index contributed by atoms with van der Waals surface area (Å²) in [6, 6.07) is 10.8. The van der Waals surface area contributed by atoms with Crippen LogP contribution in [0.4, 0.5) is 17.6 Å². The fraction of sp³-hybridized carbons (Fsp3) is 0.348. The summed E-state index contributed by atoms with van der Waals surface area (Å²) in [6.45, 7) is 2.54. The van der Waals surface area contributed by atoms with Crippen molar-refractivity contribution in [1.29, 1.82) is 0 Å². The summed E-state index contributed by atoms with van der Waals surface area (Å²) in [7, 11) is 0. The molecule has 1 aliphatic heterocycles. The summed E-state index contributed by atoms with van der Waals surface area (Å²) in [6.07, 6.45) is -4.32. The Hall–Kier alpha value is -3.47. The van der Waals surface area contributed by atoms with Crippen molar-refractivity contribution in [3.8, 4) is 17.1 Å². The van der Waals surface area contributed by atoms with E-state index in [0.29, 0.717) is 32.7 Å². The normalized spacial score (nSPS) is 14.9. The van der Waals surface area contributed by atoms with Crippen molar-refractivity contribution in [2.45, 2.75) is 19.1 Å². The van der Waals surface area contributed by atoms with Crippen LogP contribution in [0.5, 0.6) is 5.75 Å². The Morgan fingerprint density at radius 1 is 1.06 bits per heavy atom. The Kier molecular flexibility index (Phi) is 7.11. The van der Waals surface area contributed by atoms with Gasteiger partial charge in [0.25, 0.3) is 0 Å². The van der Waals surface area contributed by atoms with Crippen LogP contribution in [-0.4, -0.2) is 58.6 Å². The fourth-order valence-corrected chi connectivity index (χ4v) is 3.59. The van der Waals surface area contributed by atoms with Crippen molar-refractivity contribution < 1.29 is 31.6 Å². The van der Waals surface area contributed by atoms with E-state index in [2.05, 4.69) is 10.1 Å². The van der Waals surface area contributed by atoms with E-state index in [1.54, 1.807) is 17.0 Å². The first kappa shape index (κ1) is 23.7. The van der Waals surface area contributed by atoms with Crippen LogP contribution in [0.3, 0.4) is 0 Å². The maximum Gasteiger partial charge on any atom is 0.416 e. The van der Waals surface area contributed by atoms with E-state index >= 15 is 0 Å². The molecule has 1 amide bonds. The summed E-state index contributed by atoms with van der Waals surface area (Å²) >= 11 is 0. The number of ether oxygens (including phenoxy) is 1. The van der Waals surface area contributed by atoms with Crippen molar-refractivity contribution in [3.63, 3.8) is 0 Å². The second kappa shape index (κ2) is 10.2. The highest BCUT2D eigenvalue weighted by atomic mass is 19.4. The number of para-hydroxylation sites is 1. The van der Waals surface area contributed by atoms with Gasteiger partial charge in [0, 0.05) is 31.7 Å². The third-order valence-corrected chi connectivity index (χ3v) is 5.41. The van der Waals surface area contributed by atoms with Crippen molar-refractivity contribution in [2.24, 2.45) is 0 Å². The second-order valence-electron chi connectivity index (χ2n) is 7.78. The average Bonchev–Trinajstić information content (AvgIpc) is 3.29. The summed E-state index contributed by atoms with van der Waals surface area (Å²) in [5.74, 6) is -0.0687. The zero-order chi connectivity index (χ0) is 24.1. The fourth-order valence-electron chi connectivity index (χ4n) is 3.59. The SMILES string of the molecule is O=C(CCOc1ccccc1F)N1CCN(Cc2nc(-c3cccc(C(F)(F)F)c3)no2)CC1. The Balaban J connectivity index is 1.24. The van der Waals surface area contributed by atoms with Crippen LogP contribution in [0.15, 0.2) is 53.1 Å². The molecule has 0 aliphatic carbocycles. The molecule has 34 heavy (non-hydrogen) atoms. The molecule has 0 spiro atoms. The van der Waals surface area contributed by atoms with Crippen molar-refractivity contribution in [1.82, 2.24) is 19.9 Å². The molecule has 1 aromatic heterocycles. The van der Waals surface area contributed by atoms with Gasteiger partial charge in [0.15, 0.2) is 11.6 Å². The summed E-state index contributed by atoms with van der Waals surface area (Å²) in [5, 5.41) is 3.80. The first-order valence-corrected chi connectivity index (χ1v) is 10.7. The molecule has 2 heterocycles. The lowest BCUT2D eigenvalue weighted by atomic mass is 10.1. The van der Waals surface area contributed by atoms with Crippen molar-refractivity contribution in [2.75, 3.05) is 32.8 Å². The van der Waals surface area contributed by atoms with E-state index < -0.39 is 17.6 Å². The van der Waals surface area contributed by atoms with E-state index in [-0.39, 0.29) is 42.0 Å². The van der Waals surface area contributed by atoms with Crippen LogP contribution in [0.1, 0.15) is 17.9 Å². The highest BCUT2D eigenvalue weighted by Gasteiger charge is 2.31. The standard InChI is InChI=1S/C23H22F4N4O3/c24-18-6-1-2-7-19(18)33-13-8-21(32)31-11-9-30(10-12-31)15-20-28-22(29-34-20)16-4-3-5-17(14-16)23(25,26)27/h1-7,14H,8-13,15H2. The number of hydrogen-bond acceptors (Lipinski definition) is 6. The predicted octanol–water partition coefficient (Wildman–Crippen LogP) is 4.01. The van der Waals surface area contributed by atoms with Gasteiger partial charge in [-0.25, -0.2) is 4.39 Å². The quantitative estimate of drug-likeness (QED) is 0.478. The number of alkyl halides is 3. The van der Waals surface area contributed by atoms with Gasteiger partial charge >= 0.3 is 6.18 Å². The zero-order valence-electron chi connectivity index (χ0n) is 18.1. The van der Waals surface area contributed by atoms with E-state index in [9.17, 15) is 22.4 Å². The summed E-state index contributed by atoms with van der Waals surface area (Å²) in [5.41, 5.74) is -0.561. The van der Waals surface area contributed by atoms with E-state index in [1.165, 1.54) is 24.3 Å². The molecule has 1 saturated heterocycles. The van der Waals surface area contributed by atoms with Gasteiger partial charge in [-0.15, -0.1) is 0 Å². The van der Waals surface area contributed by atoms with Crippen molar-refractivity contribution >= 4 is 5.91 Å². The molecule has 1 aliphatic rings. The molecular formula is C23H22F4N4O3. The molecule has 11 heteroatoms. The lowest BCUT2D eigenvalue weighted by Crippen LogP contribution is -2.48. The Bertz CT molecular complexity index is 1130. The Labute approximate surface area is 192 Å².